The number of piperazine rings is 1. The van der Waals surface area contributed by atoms with Crippen molar-refractivity contribution in [1.82, 2.24) is 10.2 Å². The van der Waals surface area contributed by atoms with E-state index in [9.17, 15) is 0 Å². The van der Waals surface area contributed by atoms with Gasteiger partial charge in [0.15, 0.2) is 0 Å². The SMILES string of the molecule is CC(C)(CNc1ccc(Br)s1)CN1CCNCC1. The third kappa shape index (κ3) is 4.53. The summed E-state index contributed by atoms with van der Waals surface area (Å²) in [6.07, 6.45) is 0. The summed E-state index contributed by atoms with van der Waals surface area (Å²) in [6.45, 7) is 11.5. The number of thiophene rings is 1. The fourth-order valence-corrected chi connectivity index (χ4v) is 3.55. The molecule has 0 bridgehead atoms. The van der Waals surface area contributed by atoms with Gasteiger partial charge in [-0.1, -0.05) is 13.8 Å². The van der Waals surface area contributed by atoms with Crippen LogP contribution < -0.4 is 10.6 Å². The molecule has 3 nitrogen and oxygen atoms in total. The molecule has 0 aromatic carbocycles. The van der Waals surface area contributed by atoms with Crippen LogP contribution in [0.2, 0.25) is 0 Å². The third-order valence-electron chi connectivity index (χ3n) is 3.18. The topological polar surface area (TPSA) is 27.3 Å². The van der Waals surface area contributed by atoms with Gasteiger partial charge in [0, 0.05) is 39.3 Å². The van der Waals surface area contributed by atoms with Crippen LogP contribution in [0.1, 0.15) is 13.8 Å². The molecule has 2 rings (SSSR count). The zero-order chi connectivity index (χ0) is 13.0. The minimum absolute atomic E-state index is 0.299. The molecule has 18 heavy (non-hydrogen) atoms. The fraction of sp³-hybridized carbons (Fsp3) is 0.692. The quantitative estimate of drug-likeness (QED) is 0.868. The molecular formula is C13H22BrN3S. The number of nitrogens with one attached hydrogen (secondary N) is 2. The van der Waals surface area contributed by atoms with Crippen molar-refractivity contribution < 1.29 is 0 Å². The molecule has 0 unspecified atom stereocenters. The van der Waals surface area contributed by atoms with E-state index in [1.165, 1.54) is 21.9 Å². The van der Waals surface area contributed by atoms with E-state index < -0.39 is 0 Å². The molecule has 5 heteroatoms. The Morgan fingerprint density at radius 2 is 2.11 bits per heavy atom. The Labute approximate surface area is 122 Å². The van der Waals surface area contributed by atoms with Crippen molar-refractivity contribution in [3.8, 4) is 0 Å². The van der Waals surface area contributed by atoms with Crippen LogP contribution in [-0.4, -0.2) is 44.2 Å². The Bertz CT molecular complexity index is 372. The van der Waals surface area contributed by atoms with Gasteiger partial charge in [-0.05, 0) is 33.5 Å². The number of halogens is 1. The average molecular weight is 332 g/mol. The van der Waals surface area contributed by atoms with Crippen LogP contribution in [-0.2, 0) is 0 Å². The van der Waals surface area contributed by atoms with Crippen LogP contribution in [0, 0.1) is 5.41 Å². The summed E-state index contributed by atoms with van der Waals surface area (Å²) in [5.74, 6) is 0. The minimum Gasteiger partial charge on any atom is -0.376 e. The van der Waals surface area contributed by atoms with Crippen molar-refractivity contribution in [1.29, 1.82) is 0 Å². The maximum absolute atomic E-state index is 3.54. The zero-order valence-electron chi connectivity index (χ0n) is 11.1. The highest BCUT2D eigenvalue weighted by Gasteiger charge is 2.22. The second-order valence-electron chi connectivity index (χ2n) is 5.65. The summed E-state index contributed by atoms with van der Waals surface area (Å²) in [5.41, 5.74) is 0.299. The fourth-order valence-electron chi connectivity index (χ4n) is 2.27. The zero-order valence-corrected chi connectivity index (χ0v) is 13.5. The minimum atomic E-state index is 0.299. The lowest BCUT2D eigenvalue weighted by Crippen LogP contribution is -2.48. The first-order valence-corrected chi connectivity index (χ1v) is 8.08. The molecule has 0 spiro atoms. The lowest BCUT2D eigenvalue weighted by molar-refractivity contribution is 0.168. The van der Waals surface area contributed by atoms with Crippen LogP contribution in [0.15, 0.2) is 15.9 Å². The summed E-state index contributed by atoms with van der Waals surface area (Å²) < 4.78 is 1.19. The highest BCUT2D eigenvalue weighted by molar-refractivity contribution is 9.11. The second kappa shape index (κ2) is 6.37. The maximum atomic E-state index is 3.54. The predicted octanol–water partition coefficient (Wildman–Crippen LogP) is 2.85. The van der Waals surface area contributed by atoms with Gasteiger partial charge in [-0.25, -0.2) is 0 Å². The first-order chi connectivity index (χ1) is 8.55. The number of nitrogens with zero attached hydrogens (tertiary/aromatic N) is 1. The van der Waals surface area contributed by atoms with Gasteiger partial charge in [0.05, 0.1) is 8.79 Å². The van der Waals surface area contributed by atoms with E-state index in [0.717, 1.165) is 26.2 Å². The molecule has 0 aliphatic carbocycles. The molecule has 0 radical (unpaired) electrons. The highest BCUT2D eigenvalue weighted by Crippen LogP contribution is 2.28. The van der Waals surface area contributed by atoms with E-state index in [4.69, 9.17) is 0 Å². The molecule has 1 aromatic rings. The average Bonchev–Trinajstić information content (AvgIpc) is 2.74. The molecule has 0 saturated carbocycles. The van der Waals surface area contributed by atoms with Gasteiger partial charge in [-0.15, -0.1) is 11.3 Å². The summed E-state index contributed by atoms with van der Waals surface area (Å²) in [5, 5.41) is 8.19. The normalized spacial score (nSPS) is 17.9. The molecule has 102 valence electrons. The van der Waals surface area contributed by atoms with Crippen molar-refractivity contribution in [2.75, 3.05) is 44.6 Å². The second-order valence-corrected chi connectivity index (χ2v) is 8.11. The summed E-state index contributed by atoms with van der Waals surface area (Å²) in [7, 11) is 0. The predicted molar refractivity (Wildman–Crippen MR) is 83.6 cm³/mol. The molecule has 1 aliphatic rings. The first kappa shape index (κ1) is 14.3. The maximum Gasteiger partial charge on any atom is 0.0894 e. The molecular weight excluding hydrogens is 310 g/mol. The number of hydrogen-bond acceptors (Lipinski definition) is 4. The van der Waals surface area contributed by atoms with Crippen LogP contribution in [0.25, 0.3) is 0 Å². The number of anilines is 1. The van der Waals surface area contributed by atoms with Gasteiger partial charge in [-0.2, -0.15) is 0 Å². The van der Waals surface area contributed by atoms with E-state index in [-0.39, 0.29) is 0 Å². The van der Waals surface area contributed by atoms with Crippen molar-refractivity contribution in [2.24, 2.45) is 5.41 Å². The smallest absolute Gasteiger partial charge is 0.0894 e. The molecule has 1 saturated heterocycles. The Morgan fingerprint density at radius 3 is 2.72 bits per heavy atom. The van der Waals surface area contributed by atoms with E-state index in [0.29, 0.717) is 5.41 Å². The summed E-state index contributed by atoms with van der Waals surface area (Å²) in [6, 6.07) is 4.23. The Morgan fingerprint density at radius 1 is 1.39 bits per heavy atom. The summed E-state index contributed by atoms with van der Waals surface area (Å²) >= 11 is 5.25. The largest absolute Gasteiger partial charge is 0.376 e. The van der Waals surface area contributed by atoms with Crippen LogP contribution in [0.4, 0.5) is 5.00 Å². The Kier molecular flexibility index (Phi) is 5.06. The molecule has 1 fully saturated rings. The lowest BCUT2D eigenvalue weighted by Gasteiger charge is -2.35. The van der Waals surface area contributed by atoms with Crippen LogP contribution >= 0.6 is 27.3 Å². The molecule has 2 heterocycles. The van der Waals surface area contributed by atoms with Crippen molar-refractivity contribution in [3.05, 3.63) is 15.9 Å². The third-order valence-corrected chi connectivity index (χ3v) is 4.76. The van der Waals surface area contributed by atoms with Crippen molar-refractivity contribution >= 4 is 32.3 Å². The van der Waals surface area contributed by atoms with Gasteiger partial charge < -0.3 is 15.5 Å². The molecule has 1 aliphatic heterocycles. The van der Waals surface area contributed by atoms with Crippen LogP contribution in [0.5, 0.6) is 0 Å². The van der Waals surface area contributed by atoms with Crippen LogP contribution in [0.3, 0.4) is 0 Å². The van der Waals surface area contributed by atoms with E-state index in [2.05, 4.69) is 57.4 Å². The van der Waals surface area contributed by atoms with E-state index in [1.54, 1.807) is 11.3 Å². The van der Waals surface area contributed by atoms with E-state index in [1.807, 2.05) is 0 Å². The lowest BCUT2D eigenvalue weighted by atomic mass is 9.92. The standard InChI is InChI=1S/C13H22BrN3S/c1-13(2,10-17-7-5-15-6-8-17)9-16-12-4-3-11(14)18-12/h3-4,15-16H,5-10H2,1-2H3. The van der Waals surface area contributed by atoms with Gasteiger partial charge in [0.25, 0.3) is 0 Å². The molecule has 0 amide bonds. The van der Waals surface area contributed by atoms with Gasteiger partial charge in [-0.3, -0.25) is 0 Å². The summed E-state index contributed by atoms with van der Waals surface area (Å²) in [4.78, 5) is 2.56. The van der Waals surface area contributed by atoms with Gasteiger partial charge >= 0.3 is 0 Å². The molecule has 0 atom stereocenters. The van der Waals surface area contributed by atoms with Gasteiger partial charge in [0.1, 0.15) is 0 Å². The number of rotatable bonds is 5. The number of hydrogen-bond donors (Lipinski definition) is 2. The van der Waals surface area contributed by atoms with Crippen molar-refractivity contribution in [2.45, 2.75) is 13.8 Å². The van der Waals surface area contributed by atoms with Crippen molar-refractivity contribution in [3.63, 3.8) is 0 Å². The van der Waals surface area contributed by atoms with E-state index >= 15 is 0 Å². The highest BCUT2D eigenvalue weighted by atomic mass is 79.9. The first-order valence-electron chi connectivity index (χ1n) is 6.47. The molecule has 2 N–H and O–H groups in total. The Balaban J connectivity index is 1.79. The molecule has 1 aromatic heterocycles. The monoisotopic (exact) mass is 331 g/mol. The van der Waals surface area contributed by atoms with Gasteiger partial charge in [0.2, 0.25) is 0 Å². The Hall–Kier alpha value is -0.100.